The fourth-order valence-corrected chi connectivity index (χ4v) is 7.96. The number of rotatable bonds is 10. The number of aromatic nitrogens is 4. The number of benzene rings is 3. The molecule has 0 spiro atoms. The van der Waals surface area contributed by atoms with Crippen LogP contribution in [0.2, 0.25) is 0 Å². The molecule has 6 aromatic rings. The van der Waals surface area contributed by atoms with Crippen LogP contribution in [0, 0.1) is 37.2 Å². The van der Waals surface area contributed by atoms with Crippen molar-refractivity contribution in [2.75, 3.05) is 0 Å². The van der Waals surface area contributed by atoms with E-state index in [9.17, 15) is 9.90 Å². The summed E-state index contributed by atoms with van der Waals surface area (Å²) in [5, 5.41) is 13.1. The number of hydrogen-bond donors (Lipinski definition) is 1. The van der Waals surface area contributed by atoms with E-state index in [0.29, 0.717) is 0 Å². The molecule has 0 unspecified atom stereocenters. The summed E-state index contributed by atoms with van der Waals surface area (Å²) >= 11 is 1.76. The van der Waals surface area contributed by atoms with Crippen molar-refractivity contribution in [3.63, 3.8) is 0 Å². The number of aliphatic hydroxyl groups is 1. The van der Waals surface area contributed by atoms with Crippen LogP contribution in [0.5, 0.6) is 0 Å². The molecule has 0 aliphatic carbocycles. The molecule has 3 aromatic heterocycles. The first kappa shape index (κ1) is 40.9. The monoisotopic (exact) mass is 892 g/mol. The molecule has 0 saturated carbocycles. The fourth-order valence-electron chi connectivity index (χ4n) is 6.74. The smallest absolute Gasteiger partial charge is 0.162 e. The summed E-state index contributed by atoms with van der Waals surface area (Å²) in [5.74, 6) is 1.31. The molecule has 0 aliphatic rings. The number of nitrogens with zero attached hydrogens (tertiary/aromatic N) is 4. The maximum absolute atomic E-state index is 11.7. The van der Waals surface area contributed by atoms with Crippen molar-refractivity contribution < 1.29 is 30.0 Å². The van der Waals surface area contributed by atoms with E-state index in [4.69, 9.17) is 15.0 Å². The van der Waals surface area contributed by atoms with Crippen LogP contribution in [0.4, 0.5) is 0 Å². The normalized spacial score (nSPS) is 12.0. The van der Waals surface area contributed by atoms with Crippen molar-refractivity contribution in [3.8, 4) is 22.5 Å². The minimum atomic E-state index is 0. The Bertz CT molecular complexity index is 2170. The predicted molar refractivity (Wildman–Crippen MR) is 214 cm³/mol. The molecular formula is C44H51IrN4O2S-. The van der Waals surface area contributed by atoms with Crippen LogP contribution in [-0.2, 0) is 31.3 Å². The summed E-state index contributed by atoms with van der Waals surface area (Å²) in [6, 6.07) is 23.0. The second kappa shape index (κ2) is 17.8. The molecule has 3 aromatic carbocycles. The van der Waals surface area contributed by atoms with E-state index < -0.39 is 0 Å². The van der Waals surface area contributed by atoms with Crippen LogP contribution in [0.3, 0.4) is 0 Å². The van der Waals surface area contributed by atoms with Gasteiger partial charge in [0.15, 0.2) is 5.78 Å². The molecule has 1 radical (unpaired) electrons. The Kier molecular flexibility index (Phi) is 14.0. The van der Waals surface area contributed by atoms with Crippen LogP contribution in [-0.4, -0.2) is 30.8 Å². The first-order valence-electron chi connectivity index (χ1n) is 18.2. The largest absolute Gasteiger partial charge is 0.512 e. The number of fused-ring (bicyclic) bond motifs is 4. The van der Waals surface area contributed by atoms with E-state index in [1.165, 1.54) is 21.7 Å². The molecule has 0 amide bonds. The molecule has 1 N–H and O–H groups in total. The average molecular weight is 892 g/mol. The Labute approximate surface area is 326 Å². The number of thiophene rings is 1. The van der Waals surface area contributed by atoms with E-state index >= 15 is 0 Å². The number of aliphatic hydroxyl groups excluding tert-OH is 1. The molecule has 52 heavy (non-hydrogen) atoms. The van der Waals surface area contributed by atoms with E-state index in [1.54, 1.807) is 17.7 Å². The van der Waals surface area contributed by atoms with Gasteiger partial charge in [-0.3, -0.25) is 9.78 Å². The molecule has 0 saturated heterocycles. The van der Waals surface area contributed by atoms with Gasteiger partial charge < -0.3 is 5.11 Å². The fraction of sp³-hybridized carbons (Fsp3) is 0.386. The van der Waals surface area contributed by atoms with Crippen LogP contribution in [0.15, 0.2) is 72.8 Å². The number of ketones is 1. The Morgan fingerprint density at radius 1 is 0.885 bits per heavy atom. The average Bonchev–Trinajstić information content (AvgIpc) is 3.46. The van der Waals surface area contributed by atoms with Gasteiger partial charge in [0.2, 0.25) is 0 Å². The Hall–Kier alpha value is -3.84. The zero-order chi connectivity index (χ0) is 36.9. The molecule has 3 heterocycles. The molecule has 6 rings (SSSR count). The van der Waals surface area contributed by atoms with Gasteiger partial charge in [0.05, 0.1) is 17.0 Å². The van der Waals surface area contributed by atoms with Gasteiger partial charge in [-0.25, -0.2) is 15.0 Å². The molecule has 6 nitrogen and oxygen atoms in total. The number of hydrogen-bond acceptors (Lipinski definition) is 7. The summed E-state index contributed by atoms with van der Waals surface area (Å²) < 4.78 is 2.34. The van der Waals surface area contributed by atoms with Crippen LogP contribution >= 0.6 is 11.3 Å². The van der Waals surface area contributed by atoms with Gasteiger partial charge in [-0.1, -0.05) is 95.3 Å². The van der Waals surface area contributed by atoms with Gasteiger partial charge in [-0.05, 0) is 69.1 Å². The standard InChI is InChI=1S/C31H27N4S.C13H24O2.Ir/c1-18-12-26(35-19(2)34-18)25-15-22(14-21-8-6-7-9-23(21)25)28-30-29(33-17-32-28)24-11-10-20(13-27(24)36-30)16-31(3,4)5;1-5-10(6-2)12(14)9-13(15)11(7-3)8-4;/h6-13,15,17H,16H2,1-5H3;9-11,14H,5-8H2,1-4H3;/q-1;;/b;12-9-;. The van der Waals surface area contributed by atoms with Crippen molar-refractivity contribution in [3.05, 3.63) is 95.9 Å². The Morgan fingerprint density at radius 2 is 1.58 bits per heavy atom. The zero-order valence-corrected chi connectivity index (χ0v) is 35.1. The molecule has 0 fully saturated rings. The third kappa shape index (κ3) is 9.57. The van der Waals surface area contributed by atoms with E-state index in [-0.39, 0.29) is 48.9 Å². The summed E-state index contributed by atoms with van der Waals surface area (Å²) in [6.45, 7) is 18.9. The first-order valence-corrected chi connectivity index (χ1v) is 19.1. The molecule has 0 bridgehead atoms. The molecule has 275 valence electrons. The van der Waals surface area contributed by atoms with E-state index in [2.05, 4.69) is 80.4 Å². The summed E-state index contributed by atoms with van der Waals surface area (Å²) in [5.41, 5.74) is 7.39. The van der Waals surface area contributed by atoms with Crippen molar-refractivity contribution in [2.24, 2.45) is 17.3 Å². The first-order chi connectivity index (χ1) is 24.3. The van der Waals surface area contributed by atoms with Crippen LogP contribution in [0.25, 0.3) is 53.6 Å². The minimum absolute atomic E-state index is 0. The maximum atomic E-state index is 11.7. The maximum Gasteiger partial charge on any atom is 0.162 e. The number of carbonyl (C=O) groups is 1. The SMILES string of the molecule is CCC(CC)C(=O)/C=C(\O)C(CC)CC.Cc1cc(-c2cc(-c3ncnc4c3sc3cc(CC(C)(C)C)ccc34)[c-]c3ccccc23)nc(C)n1.[Ir]. The van der Waals surface area contributed by atoms with Crippen LogP contribution < -0.4 is 0 Å². The van der Waals surface area contributed by atoms with Crippen molar-refractivity contribution in [1.29, 1.82) is 0 Å². The van der Waals surface area contributed by atoms with Gasteiger partial charge in [-0.15, -0.1) is 34.9 Å². The summed E-state index contributed by atoms with van der Waals surface area (Å²) in [7, 11) is 0. The Balaban J connectivity index is 0.000000323. The van der Waals surface area contributed by atoms with Crippen LogP contribution in [0.1, 0.15) is 91.2 Å². The van der Waals surface area contributed by atoms with Gasteiger partial charge in [0.25, 0.3) is 0 Å². The minimum Gasteiger partial charge on any atom is -0.512 e. The van der Waals surface area contributed by atoms with Crippen molar-refractivity contribution in [1.82, 2.24) is 19.9 Å². The van der Waals surface area contributed by atoms with Crippen molar-refractivity contribution in [2.45, 2.75) is 94.4 Å². The number of carbonyl (C=O) groups excluding carboxylic acids is 1. The topological polar surface area (TPSA) is 88.9 Å². The molecule has 0 atom stereocenters. The summed E-state index contributed by atoms with van der Waals surface area (Å²) in [6.07, 6.45) is 7.62. The quantitative estimate of drug-likeness (QED) is 0.0837. The molecular weight excluding hydrogens is 841 g/mol. The molecule has 0 aliphatic heterocycles. The van der Waals surface area contributed by atoms with Gasteiger partial charge >= 0.3 is 0 Å². The van der Waals surface area contributed by atoms with Gasteiger partial charge in [-0.2, -0.15) is 0 Å². The second-order valence-corrected chi connectivity index (χ2v) is 15.7. The third-order valence-electron chi connectivity index (χ3n) is 9.41. The molecule has 8 heteroatoms. The summed E-state index contributed by atoms with van der Waals surface area (Å²) in [4.78, 5) is 30.4. The van der Waals surface area contributed by atoms with E-state index in [1.807, 2.05) is 47.6 Å². The van der Waals surface area contributed by atoms with Gasteiger partial charge in [0, 0.05) is 64.2 Å². The number of allylic oxidation sites excluding steroid dienone is 2. The van der Waals surface area contributed by atoms with E-state index in [0.717, 1.165) is 87.1 Å². The van der Waals surface area contributed by atoms with Gasteiger partial charge in [0.1, 0.15) is 12.2 Å². The predicted octanol–water partition coefficient (Wildman–Crippen LogP) is 12.0. The zero-order valence-electron chi connectivity index (χ0n) is 31.9. The number of aryl methyl sites for hydroxylation is 2. The second-order valence-electron chi connectivity index (χ2n) is 14.7. The Morgan fingerprint density at radius 3 is 2.23 bits per heavy atom. The van der Waals surface area contributed by atoms with Crippen molar-refractivity contribution >= 4 is 48.2 Å². The third-order valence-corrected chi connectivity index (χ3v) is 10.6.